The van der Waals surface area contributed by atoms with Crippen molar-refractivity contribution >= 4 is 33.3 Å². The van der Waals surface area contributed by atoms with Gasteiger partial charge >= 0.3 is 11.9 Å². The third-order valence-electron chi connectivity index (χ3n) is 3.49. The summed E-state index contributed by atoms with van der Waals surface area (Å²) in [7, 11) is -1.83. The molecule has 3 rings (SSSR count). The lowest BCUT2D eigenvalue weighted by atomic mass is 10.2. The number of carbonyl (C=O) groups is 2. The number of nitrogens with zero attached hydrogens (tertiary/aromatic N) is 2. The highest BCUT2D eigenvalue weighted by Gasteiger charge is 2.23. The van der Waals surface area contributed by atoms with Crippen molar-refractivity contribution in [3.05, 3.63) is 71.9 Å². The molecule has 0 radical (unpaired) electrons. The first-order valence-corrected chi connectivity index (χ1v) is 10.8. The van der Waals surface area contributed by atoms with Crippen molar-refractivity contribution in [1.29, 1.82) is 0 Å². The fraction of sp³-hybridized carbons (Fsp3) is 0.105. The van der Waals surface area contributed by atoms with E-state index >= 15 is 0 Å². The van der Waals surface area contributed by atoms with Crippen LogP contribution in [0.3, 0.4) is 0 Å². The highest BCUT2D eigenvalue weighted by Crippen LogP contribution is 2.26. The first-order chi connectivity index (χ1) is 14.3. The Hall–Kier alpha value is -3.28. The van der Waals surface area contributed by atoms with Crippen LogP contribution >= 0.6 is 11.3 Å². The molecule has 0 saturated heterocycles. The number of imidazole rings is 1. The van der Waals surface area contributed by atoms with E-state index in [4.69, 9.17) is 10.2 Å². The molecule has 0 unspecified atom stereocenters. The lowest BCUT2D eigenvalue weighted by Crippen LogP contribution is -2.12. The Bertz CT molecular complexity index is 1100. The van der Waals surface area contributed by atoms with Crippen LogP contribution in [0.15, 0.2) is 70.4 Å². The quantitative estimate of drug-likeness (QED) is 0.467. The molecule has 0 bridgehead atoms. The minimum Gasteiger partial charge on any atom is -0.478 e. The molecule has 3 aromatic rings. The average molecular weight is 450 g/mol. The van der Waals surface area contributed by atoms with Crippen molar-refractivity contribution in [1.82, 2.24) is 14.3 Å². The van der Waals surface area contributed by atoms with Gasteiger partial charge in [0.25, 0.3) is 10.0 Å². The van der Waals surface area contributed by atoms with Crippen LogP contribution in [-0.2, 0) is 26.2 Å². The van der Waals surface area contributed by atoms with Gasteiger partial charge < -0.3 is 15.5 Å². The third-order valence-corrected chi connectivity index (χ3v) is 6.51. The van der Waals surface area contributed by atoms with Crippen LogP contribution in [0.5, 0.6) is 0 Å². The van der Waals surface area contributed by atoms with Gasteiger partial charge in [0.1, 0.15) is 4.21 Å². The molecule has 9 nitrogen and oxygen atoms in total. The van der Waals surface area contributed by atoms with E-state index in [0.717, 1.165) is 5.56 Å². The van der Waals surface area contributed by atoms with Crippen LogP contribution in [0.25, 0.3) is 11.4 Å². The fourth-order valence-corrected chi connectivity index (χ4v) is 4.71. The number of nitrogens with one attached hydrogen (secondary N) is 1. The molecule has 2 aromatic heterocycles. The second-order valence-electron chi connectivity index (χ2n) is 5.69. The summed E-state index contributed by atoms with van der Waals surface area (Å²) in [5, 5.41) is 20.4. The number of thiophene rings is 1. The second kappa shape index (κ2) is 10.5. The van der Waals surface area contributed by atoms with Crippen LogP contribution in [0.1, 0.15) is 5.69 Å². The van der Waals surface area contributed by atoms with Gasteiger partial charge in [-0.05, 0) is 18.5 Å². The Labute approximate surface area is 177 Å². The van der Waals surface area contributed by atoms with Crippen molar-refractivity contribution in [2.75, 3.05) is 7.05 Å². The van der Waals surface area contributed by atoms with Gasteiger partial charge in [0, 0.05) is 30.5 Å². The van der Waals surface area contributed by atoms with Gasteiger partial charge in [-0.1, -0.05) is 36.4 Å². The van der Waals surface area contributed by atoms with E-state index in [1.807, 2.05) is 30.3 Å². The Morgan fingerprint density at radius 3 is 2.23 bits per heavy atom. The Kier molecular flexibility index (Phi) is 8.04. The summed E-state index contributed by atoms with van der Waals surface area (Å²) < 4.78 is 27.2. The monoisotopic (exact) mass is 449 g/mol. The van der Waals surface area contributed by atoms with E-state index in [0.29, 0.717) is 34.4 Å². The number of aliphatic carboxylic acids is 2. The van der Waals surface area contributed by atoms with Crippen LogP contribution in [0, 0.1) is 0 Å². The van der Waals surface area contributed by atoms with Gasteiger partial charge in [-0.2, -0.15) is 8.42 Å². The van der Waals surface area contributed by atoms with E-state index in [-0.39, 0.29) is 0 Å². The van der Waals surface area contributed by atoms with Crippen LogP contribution < -0.4 is 5.32 Å². The van der Waals surface area contributed by atoms with Gasteiger partial charge in [0.05, 0.1) is 5.69 Å². The first kappa shape index (κ1) is 23.0. The molecule has 1 aromatic carbocycles. The summed E-state index contributed by atoms with van der Waals surface area (Å²) >= 11 is 1.20. The summed E-state index contributed by atoms with van der Waals surface area (Å²) in [6.07, 6.45) is 2.69. The number of benzene rings is 1. The summed E-state index contributed by atoms with van der Waals surface area (Å²) in [5.41, 5.74) is 1.45. The van der Waals surface area contributed by atoms with E-state index in [9.17, 15) is 18.0 Å². The Morgan fingerprint density at radius 1 is 1.10 bits per heavy atom. The van der Waals surface area contributed by atoms with Gasteiger partial charge in [0.2, 0.25) is 0 Å². The summed E-state index contributed by atoms with van der Waals surface area (Å²) in [6.45, 7) is 0.507. The topological polar surface area (TPSA) is 139 Å². The van der Waals surface area contributed by atoms with Crippen molar-refractivity contribution < 1.29 is 28.2 Å². The molecule has 3 N–H and O–H groups in total. The lowest BCUT2D eigenvalue weighted by Gasteiger charge is -2.07. The molecule has 0 amide bonds. The van der Waals surface area contributed by atoms with Gasteiger partial charge in [-0.15, -0.1) is 11.3 Å². The maximum atomic E-state index is 12.8. The zero-order valence-electron chi connectivity index (χ0n) is 15.8. The highest BCUT2D eigenvalue weighted by molar-refractivity contribution is 7.92. The molecule has 158 valence electrons. The minimum absolute atomic E-state index is 0.304. The van der Waals surface area contributed by atoms with Gasteiger partial charge in [-0.3, -0.25) is 0 Å². The fourth-order valence-electron chi connectivity index (χ4n) is 2.29. The first-order valence-electron chi connectivity index (χ1n) is 8.47. The lowest BCUT2D eigenvalue weighted by molar-refractivity contribution is -0.134. The van der Waals surface area contributed by atoms with Gasteiger partial charge in [-0.25, -0.2) is 18.5 Å². The highest BCUT2D eigenvalue weighted by atomic mass is 32.2. The predicted octanol–water partition coefficient (Wildman–Crippen LogP) is 2.28. The SMILES string of the molecule is CNCc1cn(S(=O)(=O)c2cccs2)c(-c2ccccc2)n1.O=C(O)C=CC(=O)O. The van der Waals surface area contributed by atoms with Crippen molar-refractivity contribution in [2.45, 2.75) is 10.8 Å². The average Bonchev–Trinajstić information content (AvgIpc) is 3.39. The molecule has 0 aliphatic rings. The summed E-state index contributed by atoms with van der Waals surface area (Å²) in [6, 6.07) is 12.7. The predicted molar refractivity (Wildman–Crippen MR) is 112 cm³/mol. The zero-order chi connectivity index (χ0) is 22.1. The van der Waals surface area contributed by atoms with Crippen molar-refractivity contribution in [3.63, 3.8) is 0 Å². The van der Waals surface area contributed by atoms with Crippen LogP contribution in [0.4, 0.5) is 0 Å². The zero-order valence-corrected chi connectivity index (χ0v) is 17.4. The summed E-state index contributed by atoms with van der Waals surface area (Å²) in [4.78, 5) is 23.6. The van der Waals surface area contributed by atoms with Crippen molar-refractivity contribution in [3.8, 4) is 11.4 Å². The summed E-state index contributed by atoms with van der Waals surface area (Å²) in [5.74, 6) is -2.08. The molecule has 11 heteroatoms. The molecule has 0 saturated carbocycles. The largest absolute Gasteiger partial charge is 0.478 e. The third kappa shape index (κ3) is 6.11. The molecule has 0 aliphatic heterocycles. The molecule has 2 heterocycles. The molecular formula is C19H19N3O6S2. The van der Waals surface area contributed by atoms with Crippen molar-refractivity contribution in [2.24, 2.45) is 0 Å². The van der Waals surface area contributed by atoms with Crippen LogP contribution in [0.2, 0.25) is 0 Å². The van der Waals surface area contributed by atoms with E-state index in [1.54, 1.807) is 30.8 Å². The number of hydrogen-bond acceptors (Lipinski definition) is 7. The Morgan fingerprint density at radius 2 is 1.73 bits per heavy atom. The molecule has 0 aliphatic carbocycles. The number of rotatable bonds is 7. The van der Waals surface area contributed by atoms with E-state index in [1.165, 1.54) is 15.3 Å². The molecular weight excluding hydrogens is 430 g/mol. The maximum Gasteiger partial charge on any atom is 0.328 e. The molecule has 0 fully saturated rings. The second-order valence-corrected chi connectivity index (χ2v) is 8.68. The maximum absolute atomic E-state index is 12.8. The number of carboxylic acid groups (broad SMARTS) is 2. The Balaban J connectivity index is 0.000000343. The van der Waals surface area contributed by atoms with E-state index in [2.05, 4.69) is 10.3 Å². The molecule has 30 heavy (non-hydrogen) atoms. The van der Waals surface area contributed by atoms with Gasteiger partial charge in [0.15, 0.2) is 5.82 Å². The number of aromatic nitrogens is 2. The number of carboxylic acids is 2. The minimum atomic E-state index is -3.63. The van der Waals surface area contributed by atoms with E-state index < -0.39 is 22.0 Å². The molecule has 0 spiro atoms. The number of hydrogen-bond donors (Lipinski definition) is 3. The standard InChI is InChI=1S/C15H15N3O2S2.C4H4O4/c1-16-10-13-11-18(22(19,20)14-8-5-9-21-14)15(17-13)12-6-3-2-4-7-12;5-3(6)1-2-4(7)8/h2-9,11,16H,10H2,1H3;1-2H,(H,5,6)(H,7,8). The smallest absolute Gasteiger partial charge is 0.328 e. The normalized spacial score (nSPS) is 11.1. The molecule has 0 atom stereocenters. The van der Waals surface area contributed by atoms with Crippen LogP contribution in [-0.4, -0.2) is 46.6 Å².